The maximum absolute atomic E-state index is 13.0. The van der Waals surface area contributed by atoms with Gasteiger partial charge in [0.05, 0.1) is 21.2 Å². The van der Waals surface area contributed by atoms with Gasteiger partial charge in [-0.15, -0.1) is 5.10 Å². The number of anilines is 1. The van der Waals surface area contributed by atoms with Gasteiger partial charge in [0, 0.05) is 12.7 Å². The predicted octanol–water partition coefficient (Wildman–Crippen LogP) is 3.73. The molecule has 154 valence electrons. The molecular weight excluding hydrogens is 435 g/mol. The first-order chi connectivity index (χ1) is 13.5. The lowest BCUT2D eigenvalue weighted by atomic mass is 10.2. The first-order valence-electron chi connectivity index (χ1n) is 7.85. The van der Waals surface area contributed by atoms with Crippen LogP contribution in [0.1, 0.15) is 5.56 Å². The number of urea groups is 1. The summed E-state index contributed by atoms with van der Waals surface area (Å²) in [6, 6.07) is 7.24. The van der Waals surface area contributed by atoms with Crippen molar-refractivity contribution in [2.75, 3.05) is 12.4 Å². The number of nitrogens with zero attached hydrogens (tertiary/aromatic N) is 3. The Kier molecular flexibility index (Phi) is 5.32. The molecule has 0 radical (unpaired) electrons. The summed E-state index contributed by atoms with van der Waals surface area (Å²) in [7, 11) is -3.28. The maximum atomic E-state index is 13.0. The van der Waals surface area contributed by atoms with E-state index in [-0.39, 0.29) is 10.6 Å². The zero-order valence-electron chi connectivity index (χ0n) is 14.6. The molecule has 2 N–H and O–H groups in total. The van der Waals surface area contributed by atoms with Crippen molar-refractivity contribution in [3.8, 4) is 5.69 Å². The van der Waals surface area contributed by atoms with Gasteiger partial charge in [-0.25, -0.2) is 27.4 Å². The number of rotatable bonds is 4. The SMILES string of the molecule is CN(C(=O)Nc1ccc(Cl)c(C(F)(F)F)c1)S(=O)(=O)c1cccc(-n2cn[nH]2)c1. The van der Waals surface area contributed by atoms with Crippen LogP contribution in [-0.4, -0.2) is 40.8 Å². The van der Waals surface area contributed by atoms with Crippen LogP contribution < -0.4 is 5.32 Å². The Morgan fingerprint density at radius 3 is 2.52 bits per heavy atom. The normalized spacial score (nSPS) is 12.0. The van der Waals surface area contributed by atoms with Gasteiger partial charge < -0.3 is 5.32 Å². The third-order valence-corrected chi connectivity index (χ3v) is 5.97. The first-order valence-corrected chi connectivity index (χ1v) is 9.67. The zero-order chi connectivity index (χ0) is 21.4. The number of H-pyrrole nitrogens is 1. The summed E-state index contributed by atoms with van der Waals surface area (Å²) in [4.78, 5) is 12.1. The lowest BCUT2D eigenvalue weighted by molar-refractivity contribution is -0.137. The number of hydrogen-bond donors (Lipinski definition) is 2. The van der Waals surface area contributed by atoms with Crippen molar-refractivity contribution in [3.63, 3.8) is 0 Å². The number of benzene rings is 2. The smallest absolute Gasteiger partial charge is 0.307 e. The topological polar surface area (TPSA) is 100 Å². The minimum Gasteiger partial charge on any atom is -0.307 e. The molecular formula is C16H13ClF3N5O3S. The third kappa shape index (κ3) is 4.22. The van der Waals surface area contributed by atoms with Crippen LogP contribution in [0.2, 0.25) is 5.02 Å². The molecule has 2 amide bonds. The van der Waals surface area contributed by atoms with Crippen molar-refractivity contribution >= 4 is 33.3 Å². The minimum absolute atomic E-state index is 0.193. The number of carbonyl (C=O) groups is 1. The fraction of sp³-hybridized carbons (Fsp3) is 0.125. The maximum Gasteiger partial charge on any atom is 0.417 e. The minimum atomic E-state index is -4.73. The Morgan fingerprint density at radius 2 is 1.93 bits per heavy atom. The van der Waals surface area contributed by atoms with E-state index in [1.165, 1.54) is 29.2 Å². The van der Waals surface area contributed by atoms with Gasteiger partial charge in [0.15, 0.2) is 0 Å². The summed E-state index contributed by atoms with van der Waals surface area (Å²) in [6.07, 6.45) is -3.31. The standard InChI is InChI=1S/C16H13ClF3N5O3S/c1-24(15(26)22-10-5-6-14(17)13(7-10)16(18,19)20)29(27,28)12-4-2-3-11(8-12)25-9-21-23-25/h2-9,23H,1H3,(H,22,26). The van der Waals surface area contributed by atoms with Gasteiger partial charge in [-0.05, 0) is 36.4 Å². The number of hydrogen-bond acceptors (Lipinski definition) is 4. The van der Waals surface area contributed by atoms with Crippen LogP contribution in [-0.2, 0) is 16.2 Å². The van der Waals surface area contributed by atoms with Crippen LogP contribution >= 0.6 is 11.6 Å². The van der Waals surface area contributed by atoms with Gasteiger partial charge in [-0.3, -0.25) is 0 Å². The molecule has 2 aromatic carbocycles. The second-order valence-corrected chi connectivity index (χ2v) is 8.18. The van der Waals surface area contributed by atoms with Crippen molar-refractivity contribution in [2.24, 2.45) is 0 Å². The van der Waals surface area contributed by atoms with Crippen molar-refractivity contribution < 1.29 is 26.4 Å². The molecule has 0 aliphatic rings. The summed E-state index contributed by atoms with van der Waals surface area (Å²) in [6.45, 7) is 0. The molecule has 0 spiro atoms. The first kappa shape index (κ1) is 20.7. The number of halogens is 4. The molecule has 0 atom stereocenters. The van der Waals surface area contributed by atoms with Crippen LogP contribution in [0.3, 0.4) is 0 Å². The molecule has 13 heteroatoms. The van der Waals surface area contributed by atoms with E-state index < -0.39 is 32.8 Å². The summed E-state index contributed by atoms with van der Waals surface area (Å²) >= 11 is 5.53. The van der Waals surface area contributed by atoms with Crippen molar-refractivity contribution in [1.82, 2.24) is 19.3 Å². The average Bonchev–Trinajstić information content (AvgIpc) is 2.60. The molecule has 0 unspecified atom stereocenters. The molecule has 0 aliphatic heterocycles. The second kappa shape index (κ2) is 7.44. The molecule has 3 rings (SSSR count). The molecule has 1 heterocycles. The lowest BCUT2D eigenvalue weighted by Gasteiger charge is -2.19. The Balaban J connectivity index is 1.83. The quantitative estimate of drug-likeness (QED) is 0.636. The van der Waals surface area contributed by atoms with Crippen molar-refractivity contribution in [1.29, 1.82) is 0 Å². The molecule has 0 saturated carbocycles. The molecule has 29 heavy (non-hydrogen) atoms. The highest BCUT2D eigenvalue weighted by molar-refractivity contribution is 7.89. The molecule has 0 bridgehead atoms. The molecule has 0 saturated heterocycles. The Hall–Kier alpha value is -2.99. The highest BCUT2D eigenvalue weighted by Crippen LogP contribution is 2.36. The highest BCUT2D eigenvalue weighted by atomic mass is 35.5. The van der Waals surface area contributed by atoms with E-state index in [4.69, 9.17) is 11.6 Å². The summed E-state index contributed by atoms with van der Waals surface area (Å²) in [5.74, 6) is 0. The predicted molar refractivity (Wildman–Crippen MR) is 98.3 cm³/mol. The van der Waals surface area contributed by atoms with Gasteiger partial charge in [-0.2, -0.15) is 13.2 Å². The number of sulfonamides is 1. The van der Waals surface area contributed by atoms with Crippen LogP contribution in [0.25, 0.3) is 5.69 Å². The number of carbonyl (C=O) groups excluding carboxylic acids is 1. The summed E-state index contributed by atoms with van der Waals surface area (Å²) < 4.78 is 66.1. The molecule has 8 nitrogen and oxygen atoms in total. The fourth-order valence-corrected chi connectivity index (χ4v) is 3.65. The van der Waals surface area contributed by atoms with E-state index in [0.29, 0.717) is 16.1 Å². The summed E-state index contributed by atoms with van der Waals surface area (Å²) in [5.41, 5.74) is -0.954. The monoisotopic (exact) mass is 447 g/mol. The van der Waals surface area contributed by atoms with Gasteiger partial charge in [-0.1, -0.05) is 17.7 Å². The number of aromatic amines is 1. The lowest BCUT2D eigenvalue weighted by Crippen LogP contribution is -2.36. The number of aromatic nitrogens is 3. The van der Waals surface area contributed by atoms with Gasteiger partial charge in [0.2, 0.25) is 0 Å². The van der Waals surface area contributed by atoms with Crippen LogP contribution in [0, 0.1) is 0 Å². The van der Waals surface area contributed by atoms with Crippen LogP contribution in [0.15, 0.2) is 53.7 Å². The average molecular weight is 448 g/mol. The third-order valence-electron chi connectivity index (χ3n) is 3.90. The molecule has 0 aliphatic carbocycles. The Labute approximate surface area is 167 Å². The second-order valence-electron chi connectivity index (χ2n) is 5.81. The van der Waals surface area contributed by atoms with Crippen LogP contribution in [0.5, 0.6) is 0 Å². The molecule has 3 aromatic rings. The number of alkyl halides is 3. The zero-order valence-corrected chi connectivity index (χ0v) is 16.2. The van der Waals surface area contributed by atoms with E-state index in [1.54, 1.807) is 6.07 Å². The molecule has 0 fully saturated rings. The van der Waals surface area contributed by atoms with E-state index in [9.17, 15) is 26.4 Å². The Bertz CT molecular complexity index is 1150. The van der Waals surface area contributed by atoms with Gasteiger partial charge >= 0.3 is 12.2 Å². The summed E-state index contributed by atoms with van der Waals surface area (Å²) in [5, 5.41) is 7.78. The van der Waals surface area contributed by atoms with Crippen molar-refractivity contribution in [2.45, 2.75) is 11.1 Å². The van der Waals surface area contributed by atoms with E-state index >= 15 is 0 Å². The molecule has 1 aromatic heterocycles. The number of nitrogens with one attached hydrogen (secondary N) is 2. The van der Waals surface area contributed by atoms with Gasteiger partial charge in [0.25, 0.3) is 10.0 Å². The van der Waals surface area contributed by atoms with E-state index in [1.807, 2.05) is 0 Å². The van der Waals surface area contributed by atoms with E-state index in [0.717, 1.165) is 19.2 Å². The van der Waals surface area contributed by atoms with Crippen molar-refractivity contribution in [3.05, 3.63) is 59.4 Å². The van der Waals surface area contributed by atoms with E-state index in [2.05, 4.69) is 15.6 Å². The Morgan fingerprint density at radius 1 is 1.24 bits per heavy atom. The largest absolute Gasteiger partial charge is 0.417 e. The number of amides is 2. The fourth-order valence-electron chi connectivity index (χ4n) is 2.32. The van der Waals surface area contributed by atoms with Crippen LogP contribution in [0.4, 0.5) is 23.7 Å². The highest BCUT2D eigenvalue weighted by Gasteiger charge is 2.34. The van der Waals surface area contributed by atoms with Gasteiger partial charge in [0.1, 0.15) is 6.33 Å².